The first-order valence-electron chi connectivity index (χ1n) is 5.72. The molecule has 0 aliphatic rings. The van der Waals surface area contributed by atoms with Gasteiger partial charge in [0.2, 0.25) is 0 Å². The van der Waals surface area contributed by atoms with E-state index in [2.05, 4.69) is 27.7 Å². The highest BCUT2D eigenvalue weighted by atomic mass is 16.5. The quantitative estimate of drug-likeness (QED) is 0.497. The van der Waals surface area contributed by atoms with Crippen molar-refractivity contribution in [3.8, 4) is 0 Å². The first-order chi connectivity index (χ1) is 6.93. The summed E-state index contributed by atoms with van der Waals surface area (Å²) in [4.78, 5) is 10.5. The molecule has 2 heteroatoms. The monoisotopic (exact) mass is 212 g/mol. The molecule has 0 aromatic carbocycles. The van der Waals surface area contributed by atoms with Gasteiger partial charge in [-0.05, 0) is 37.7 Å². The molecule has 0 radical (unpaired) electrons. The van der Waals surface area contributed by atoms with E-state index < -0.39 is 0 Å². The van der Waals surface area contributed by atoms with Gasteiger partial charge in [-0.15, -0.1) is 0 Å². The van der Waals surface area contributed by atoms with E-state index in [1.165, 1.54) is 18.9 Å². The Balaban J connectivity index is 3.72. The van der Waals surface area contributed by atoms with Gasteiger partial charge in [0.05, 0.1) is 0 Å². The Morgan fingerprint density at radius 3 is 2.33 bits per heavy atom. The molecule has 0 saturated carbocycles. The SMILES string of the molecule is CC(=O)OCC=C(C)CCC(C)C(C)C. The van der Waals surface area contributed by atoms with Crippen molar-refractivity contribution in [3.63, 3.8) is 0 Å². The van der Waals surface area contributed by atoms with Gasteiger partial charge in [0.1, 0.15) is 6.61 Å². The smallest absolute Gasteiger partial charge is 0.302 e. The average Bonchev–Trinajstić information content (AvgIpc) is 2.13. The second-order valence-electron chi connectivity index (χ2n) is 4.61. The minimum Gasteiger partial charge on any atom is -0.462 e. The number of ether oxygens (including phenoxy) is 1. The number of carbonyl (C=O) groups is 1. The van der Waals surface area contributed by atoms with E-state index in [0.717, 1.165) is 18.3 Å². The molecule has 0 heterocycles. The van der Waals surface area contributed by atoms with Gasteiger partial charge >= 0.3 is 5.97 Å². The number of allylic oxidation sites excluding steroid dienone is 1. The van der Waals surface area contributed by atoms with Crippen LogP contribution in [0.5, 0.6) is 0 Å². The fraction of sp³-hybridized carbons (Fsp3) is 0.769. The third kappa shape index (κ3) is 8.22. The topological polar surface area (TPSA) is 26.3 Å². The number of esters is 1. The summed E-state index contributed by atoms with van der Waals surface area (Å²) in [7, 11) is 0. The molecule has 0 saturated heterocycles. The molecule has 1 atom stereocenters. The summed E-state index contributed by atoms with van der Waals surface area (Å²) in [6, 6.07) is 0. The van der Waals surface area contributed by atoms with Crippen molar-refractivity contribution >= 4 is 5.97 Å². The van der Waals surface area contributed by atoms with Crippen molar-refractivity contribution in [2.75, 3.05) is 6.61 Å². The lowest BCUT2D eigenvalue weighted by atomic mass is 9.92. The summed E-state index contributed by atoms with van der Waals surface area (Å²) in [6.07, 6.45) is 4.30. The molecule has 0 rings (SSSR count). The molecule has 0 spiro atoms. The van der Waals surface area contributed by atoms with Gasteiger partial charge in [-0.25, -0.2) is 0 Å². The first-order valence-corrected chi connectivity index (χ1v) is 5.72. The molecule has 0 amide bonds. The second kappa shape index (κ2) is 7.49. The summed E-state index contributed by atoms with van der Waals surface area (Å²) in [6.45, 7) is 10.7. The minimum absolute atomic E-state index is 0.213. The zero-order valence-electron chi connectivity index (χ0n) is 10.7. The molecule has 88 valence electrons. The lowest BCUT2D eigenvalue weighted by molar-refractivity contribution is -0.139. The van der Waals surface area contributed by atoms with Crippen molar-refractivity contribution in [1.29, 1.82) is 0 Å². The highest BCUT2D eigenvalue weighted by molar-refractivity contribution is 5.66. The maximum atomic E-state index is 10.5. The van der Waals surface area contributed by atoms with E-state index in [1.807, 2.05) is 6.08 Å². The van der Waals surface area contributed by atoms with Crippen LogP contribution in [-0.2, 0) is 9.53 Å². The van der Waals surface area contributed by atoms with Gasteiger partial charge < -0.3 is 4.74 Å². The van der Waals surface area contributed by atoms with Gasteiger partial charge in [0.25, 0.3) is 0 Å². The predicted molar refractivity (Wildman–Crippen MR) is 63.6 cm³/mol. The predicted octanol–water partition coefficient (Wildman–Crippen LogP) is 3.57. The van der Waals surface area contributed by atoms with E-state index in [9.17, 15) is 4.79 Å². The van der Waals surface area contributed by atoms with Crippen LogP contribution in [-0.4, -0.2) is 12.6 Å². The van der Waals surface area contributed by atoms with E-state index >= 15 is 0 Å². The van der Waals surface area contributed by atoms with Crippen LogP contribution in [0.3, 0.4) is 0 Å². The molecule has 2 nitrogen and oxygen atoms in total. The van der Waals surface area contributed by atoms with Crippen LogP contribution >= 0.6 is 0 Å². The molecule has 15 heavy (non-hydrogen) atoms. The van der Waals surface area contributed by atoms with E-state index in [1.54, 1.807) is 0 Å². The molecular formula is C13H24O2. The Labute approximate surface area is 93.7 Å². The molecule has 1 unspecified atom stereocenters. The van der Waals surface area contributed by atoms with Gasteiger partial charge in [-0.2, -0.15) is 0 Å². The fourth-order valence-corrected chi connectivity index (χ4v) is 1.19. The maximum absolute atomic E-state index is 10.5. The number of hydrogen-bond acceptors (Lipinski definition) is 2. The van der Waals surface area contributed by atoms with Gasteiger partial charge in [0, 0.05) is 6.92 Å². The maximum Gasteiger partial charge on any atom is 0.302 e. The molecule has 0 N–H and O–H groups in total. The number of hydrogen-bond donors (Lipinski definition) is 0. The lowest BCUT2D eigenvalue weighted by Crippen LogP contribution is -2.04. The molecule has 0 fully saturated rings. The van der Waals surface area contributed by atoms with E-state index in [4.69, 9.17) is 4.74 Å². The summed E-state index contributed by atoms with van der Waals surface area (Å²) in [5.41, 5.74) is 1.31. The van der Waals surface area contributed by atoms with Crippen molar-refractivity contribution < 1.29 is 9.53 Å². The fourth-order valence-electron chi connectivity index (χ4n) is 1.19. The van der Waals surface area contributed by atoms with Crippen molar-refractivity contribution in [1.82, 2.24) is 0 Å². The number of carbonyl (C=O) groups excluding carboxylic acids is 1. The van der Waals surface area contributed by atoms with Crippen LogP contribution in [0.1, 0.15) is 47.5 Å². The van der Waals surface area contributed by atoms with Crippen LogP contribution in [0.15, 0.2) is 11.6 Å². The van der Waals surface area contributed by atoms with Gasteiger partial charge in [-0.1, -0.05) is 26.3 Å². The number of rotatable bonds is 6. The van der Waals surface area contributed by atoms with Gasteiger partial charge in [-0.3, -0.25) is 4.79 Å². The average molecular weight is 212 g/mol. The van der Waals surface area contributed by atoms with Crippen LogP contribution in [0.25, 0.3) is 0 Å². The molecule has 0 aliphatic heterocycles. The van der Waals surface area contributed by atoms with Crippen LogP contribution < -0.4 is 0 Å². The zero-order chi connectivity index (χ0) is 11.8. The van der Waals surface area contributed by atoms with Crippen molar-refractivity contribution in [2.45, 2.75) is 47.5 Å². The molecule has 0 bridgehead atoms. The summed E-state index contributed by atoms with van der Waals surface area (Å²) in [5.74, 6) is 1.28. The van der Waals surface area contributed by atoms with E-state index in [-0.39, 0.29) is 5.97 Å². The zero-order valence-corrected chi connectivity index (χ0v) is 10.7. The summed E-state index contributed by atoms with van der Waals surface area (Å²) < 4.78 is 4.85. The lowest BCUT2D eigenvalue weighted by Gasteiger charge is -2.15. The first kappa shape index (κ1) is 14.2. The normalized spacial score (nSPS) is 14.1. The minimum atomic E-state index is -0.213. The third-order valence-corrected chi connectivity index (χ3v) is 2.85. The Hall–Kier alpha value is -0.790. The summed E-state index contributed by atoms with van der Waals surface area (Å²) in [5, 5.41) is 0. The highest BCUT2D eigenvalue weighted by Gasteiger charge is 2.06. The van der Waals surface area contributed by atoms with Gasteiger partial charge in [0.15, 0.2) is 0 Å². The molecule has 0 aromatic heterocycles. The molecule has 0 aliphatic carbocycles. The van der Waals surface area contributed by atoms with Crippen molar-refractivity contribution in [2.24, 2.45) is 11.8 Å². The standard InChI is InChI=1S/C13H24O2/c1-10(2)12(4)7-6-11(3)8-9-15-13(5)14/h8,10,12H,6-7,9H2,1-5H3. The van der Waals surface area contributed by atoms with Crippen LogP contribution in [0, 0.1) is 11.8 Å². The molecular weight excluding hydrogens is 188 g/mol. The van der Waals surface area contributed by atoms with E-state index in [0.29, 0.717) is 6.61 Å². The second-order valence-corrected chi connectivity index (χ2v) is 4.61. The third-order valence-electron chi connectivity index (χ3n) is 2.85. The Bertz CT molecular complexity index is 217. The van der Waals surface area contributed by atoms with Crippen LogP contribution in [0.2, 0.25) is 0 Å². The highest BCUT2D eigenvalue weighted by Crippen LogP contribution is 2.18. The Kier molecular flexibility index (Phi) is 7.10. The molecule has 0 aromatic rings. The largest absolute Gasteiger partial charge is 0.462 e. The summed E-state index contributed by atoms with van der Waals surface area (Å²) >= 11 is 0. The Morgan fingerprint density at radius 2 is 1.87 bits per heavy atom. The van der Waals surface area contributed by atoms with Crippen molar-refractivity contribution in [3.05, 3.63) is 11.6 Å². The van der Waals surface area contributed by atoms with Crippen LogP contribution in [0.4, 0.5) is 0 Å². The Morgan fingerprint density at radius 1 is 1.27 bits per heavy atom.